The summed E-state index contributed by atoms with van der Waals surface area (Å²) in [6.07, 6.45) is 6.12. The lowest BCUT2D eigenvalue weighted by Gasteiger charge is -2.20. The summed E-state index contributed by atoms with van der Waals surface area (Å²) in [5.41, 5.74) is 0. The van der Waals surface area contributed by atoms with Gasteiger partial charge in [0.1, 0.15) is 0 Å². The van der Waals surface area contributed by atoms with Gasteiger partial charge in [-0.1, -0.05) is 33.6 Å². The molecule has 1 atom stereocenters. The van der Waals surface area contributed by atoms with Crippen molar-refractivity contribution in [2.24, 2.45) is 11.8 Å². The first-order chi connectivity index (χ1) is 11.5. The fraction of sp³-hybridized carbons (Fsp3) is 0.632. The van der Waals surface area contributed by atoms with Gasteiger partial charge in [0.25, 0.3) is 0 Å². The molecule has 0 spiro atoms. The second-order valence-corrected chi connectivity index (χ2v) is 9.40. The Bertz CT molecular complexity index is 506. The minimum absolute atomic E-state index is 0.0692. The van der Waals surface area contributed by atoms with Crippen molar-refractivity contribution in [2.45, 2.75) is 56.2 Å². The Kier molecular flexibility index (Phi) is 11.5. The van der Waals surface area contributed by atoms with Crippen LogP contribution in [0.1, 0.15) is 46.5 Å². The van der Waals surface area contributed by atoms with E-state index < -0.39 is 0 Å². The zero-order chi connectivity index (χ0) is 17.9. The van der Waals surface area contributed by atoms with Crippen molar-refractivity contribution in [3.8, 4) is 0 Å². The number of rotatable bonds is 11. The minimum atomic E-state index is -0.0692. The summed E-state index contributed by atoms with van der Waals surface area (Å²) >= 11 is 5.83. The van der Waals surface area contributed by atoms with Crippen LogP contribution in [-0.4, -0.2) is 24.6 Å². The Morgan fingerprint density at radius 2 is 2.08 bits per heavy atom. The first-order valence-corrected chi connectivity index (χ1v) is 11.9. The van der Waals surface area contributed by atoms with Crippen molar-refractivity contribution >= 4 is 52.1 Å². The zero-order valence-electron chi connectivity index (χ0n) is 15.1. The fourth-order valence-electron chi connectivity index (χ4n) is 2.33. The number of carbonyl (C=O) groups is 1. The lowest BCUT2D eigenvalue weighted by Crippen LogP contribution is -2.19. The molecule has 0 saturated carbocycles. The second-order valence-electron chi connectivity index (χ2n) is 6.22. The molecule has 0 aliphatic rings. The summed E-state index contributed by atoms with van der Waals surface area (Å²) in [6, 6.07) is 6.45. The molecule has 0 aromatic heterocycles. The minimum Gasteiger partial charge on any atom is -0.465 e. The quantitative estimate of drug-likeness (QED) is 0.205. The molecule has 0 N–H and O–H groups in total. The van der Waals surface area contributed by atoms with E-state index in [4.69, 9.17) is 4.74 Å². The number of carbonyl (C=O) groups excluding carboxylic acids is 1. The van der Waals surface area contributed by atoms with Crippen LogP contribution in [-0.2, 0) is 9.53 Å². The van der Waals surface area contributed by atoms with Crippen LogP contribution < -0.4 is 0 Å². The lowest BCUT2D eigenvalue weighted by atomic mass is 9.91. The SMILES string of the molecule is CCCCC(COC(=O)CCSc1ccc(I)c(SC)c1)C(C)C. The summed E-state index contributed by atoms with van der Waals surface area (Å²) in [5, 5.41) is 0. The molecule has 5 heteroatoms. The van der Waals surface area contributed by atoms with Crippen molar-refractivity contribution in [1.29, 1.82) is 0 Å². The molecule has 0 aliphatic heterocycles. The molecule has 0 amide bonds. The second kappa shape index (κ2) is 12.5. The molecule has 24 heavy (non-hydrogen) atoms. The molecule has 1 aromatic carbocycles. The van der Waals surface area contributed by atoms with Crippen LogP contribution >= 0.6 is 46.1 Å². The van der Waals surface area contributed by atoms with Gasteiger partial charge in [0, 0.05) is 19.1 Å². The summed E-state index contributed by atoms with van der Waals surface area (Å²) in [7, 11) is 0. The topological polar surface area (TPSA) is 26.3 Å². The Hall–Kier alpha value is 0.120. The highest BCUT2D eigenvalue weighted by atomic mass is 127. The molecular weight excluding hydrogens is 451 g/mol. The normalized spacial score (nSPS) is 12.4. The average molecular weight is 480 g/mol. The Labute approximate surface area is 169 Å². The van der Waals surface area contributed by atoms with Gasteiger partial charge in [-0.3, -0.25) is 4.79 Å². The summed E-state index contributed by atoms with van der Waals surface area (Å²) in [4.78, 5) is 14.5. The molecule has 0 fully saturated rings. The van der Waals surface area contributed by atoms with E-state index in [9.17, 15) is 4.79 Å². The van der Waals surface area contributed by atoms with Crippen LogP contribution in [0.2, 0.25) is 0 Å². The van der Waals surface area contributed by atoms with Crippen LogP contribution in [0.4, 0.5) is 0 Å². The smallest absolute Gasteiger partial charge is 0.306 e. The summed E-state index contributed by atoms with van der Waals surface area (Å²) in [6.45, 7) is 7.20. The first-order valence-electron chi connectivity index (χ1n) is 8.59. The van der Waals surface area contributed by atoms with Gasteiger partial charge in [-0.05, 0) is 65.3 Å². The van der Waals surface area contributed by atoms with Crippen molar-refractivity contribution in [3.63, 3.8) is 0 Å². The fourth-order valence-corrected chi connectivity index (χ4v) is 4.78. The molecule has 2 nitrogen and oxygen atoms in total. The number of hydrogen-bond acceptors (Lipinski definition) is 4. The van der Waals surface area contributed by atoms with Gasteiger partial charge < -0.3 is 4.74 Å². The van der Waals surface area contributed by atoms with E-state index in [1.54, 1.807) is 23.5 Å². The number of halogens is 1. The van der Waals surface area contributed by atoms with E-state index in [-0.39, 0.29) is 5.97 Å². The molecule has 0 bridgehead atoms. The molecule has 1 unspecified atom stereocenters. The van der Waals surface area contributed by atoms with Crippen LogP contribution in [0.3, 0.4) is 0 Å². The zero-order valence-corrected chi connectivity index (χ0v) is 18.9. The number of unbranched alkanes of at least 4 members (excludes halogenated alkanes) is 1. The van der Waals surface area contributed by atoms with Gasteiger partial charge in [-0.25, -0.2) is 0 Å². The standard InChI is InChI=1S/C19H29IO2S2/c1-5-6-7-15(14(2)3)13-22-19(21)10-11-24-16-8-9-17(20)18(12-16)23-4/h8-9,12,14-15H,5-7,10-11,13H2,1-4H3. The van der Waals surface area contributed by atoms with Crippen LogP contribution in [0.25, 0.3) is 0 Å². The average Bonchev–Trinajstić information content (AvgIpc) is 2.56. The number of thioether (sulfide) groups is 2. The maximum Gasteiger partial charge on any atom is 0.306 e. The van der Waals surface area contributed by atoms with Crippen molar-refractivity contribution in [1.82, 2.24) is 0 Å². The largest absolute Gasteiger partial charge is 0.465 e. The third kappa shape index (κ3) is 8.48. The highest BCUT2D eigenvalue weighted by Crippen LogP contribution is 2.28. The van der Waals surface area contributed by atoms with Gasteiger partial charge in [0.05, 0.1) is 13.0 Å². The Morgan fingerprint density at radius 1 is 1.33 bits per heavy atom. The van der Waals surface area contributed by atoms with Gasteiger partial charge >= 0.3 is 5.97 Å². The molecule has 0 radical (unpaired) electrons. The number of ether oxygens (including phenoxy) is 1. The highest BCUT2D eigenvalue weighted by molar-refractivity contribution is 14.1. The van der Waals surface area contributed by atoms with Crippen LogP contribution in [0.15, 0.2) is 28.0 Å². The Balaban J connectivity index is 2.33. The van der Waals surface area contributed by atoms with Crippen LogP contribution in [0.5, 0.6) is 0 Å². The van der Waals surface area contributed by atoms with Gasteiger partial charge in [0.2, 0.25) is 0 Å². The Morgan fingerprint density at radius 3 is 2.71 bits per heavy atom. The van der Waals surface area contributed by atoms with E-state index in [1.807, 2.05) is 0 Å². The molecular formula is C19H29IO2S2. The molecule has 136 valence electrons. The lowest BCUT2D eigenvalue weighted by molar-refractivity contribution is -0.145. The number of benzene rings is 1. The van der Waals surface area contributed by atoms with Gasteiger partial charge in [-0.2, -0.15) is 0 Å². The van der Waals surface area contributed by atoms with Crippen LogP contribution in [0, 0.1) is 15.4 Å². The predicted molar refractivity (Wildman–Crippen MR) is 115 cm³/mol. The van der Waals surface area contributed by atoms with Crippen molar-refractivity contribution in [2.75, 3.05) is 18.6 Å². The van der Waals surface area contributed by atoms with E-state index in [0.29, 0.717) is 24.9 Å². The molecule has 1 aromatic rings. The third-order valence-electron chi connectivity index (χ3n) is 4.03. The van der Waals surface area contributed by atoms with Gasteiger partial charge in [-0.15, -0.1) is 23.5 Å². The summed E-state index contributed by atoms with van der Waals surface area (Å²) < 4.78 is 6.78. The third-order valence-corrected chi connectivity index (χ3v) is 7.11. The van der Waals surface area contributed by atoms with E-state index in [1.165, 1.54) is 26.2 Å². The van der Waals surface area contributed by atoms with E-state index in [0.717, 1.165) is 12.2 Å². The summed E-state index contributed by atoms with van der Waals surface area (Å²) in [5.74, 6) is 1.76. The van der Waals surface area contributed by atoms with Gasteiger partial charge in [0.15, 0.2) is 0 Å². The van der Waals surface area contributed by atoms with E-state index >= 15 is 0 Å². The monoisotopic (exact) mass is 480 g/mol. The molecule has 1 rings (SSSR count). The first kappa shape index (κ1) is 22.2. The van der Waals surface area contributed by atoms with Crippen molar-refractivity contribution < 1.29 is 9.53 Å². The molecule has 0 heterocycles. The predicted octanol–water partition coefficient (Wildman–Crippen LogP) is 6.50. The highest BCUT2D eigenvalue weighted by Gasteiger charge is 2.15. The van der Waals surface area contributed by atoms with E-state index in [2.05, 4.69) is 67.8 Å². The maximum atomic E-state index is 12.0. The maximum absolute atomic E-state index is 12.0. The molecule has 0 aliphatic carbocycles. The van der Waals surface area contributed by atoms with Crippen molar-refractivity contribution in [3.05, 3.63) is 21.8 Å². The number of esters is 1. The molecule has 0 saturated heterocycles. The number of hydrogen-bond donors (Lipinski definition) is 0.